The first kappa shape index (κ1) is 17.7. The summed E-state index contributed by atoms with van der Waals surface area (Å²) < 4.78 is 31.0. The zero-order valence-corrected chi connectivity index (χ0v) is 15.2. The summed E-state index contributed by atoms with van der Waals surface area (Å²) in [4.78, 5) is 12.0. The van der Waals surface area contributed by atoms with Crippen LogP contribution in [0.25, 0.3) is 0 Å². The first-order valence-electron chi connectivity index (χ1n) is 8.50. The summed E-state index contributed by atoms with van der Waals surface area (Å²) >= 11 is 1.52. The maximum absolute atomic E-state index is 14.0. The van der Waals surface area contributed by atoms with Gasteiger partial charge in [0.15, 0.2) is 0 Å². The number of ether oxygens (including phenoxy) is 3. The van der Waals surface area contributed by atoms with Crippen LogP contribution in [0.5, 0.6) is 5.75 Å². The van der Waals surface area contributed by atoms with E-state index in [1.165, 1.54) is 23.5 Å². The normalized spacial score (nSPS) is 15.7. The SMILES string of the molecule is O=C(Cc1ccsc1)OCc1cc(F)cc2c1O[C@H](c1ccccc1)OC2. The molecule has 1 atom stereocenters. The van der Waals surface area contributed by atoms with Crippen LogP contribution in [0.15, 0.2) is 59.3 Å². The number of thiophene rings is 1. The van der Waals surface area contributed by atoms with E-state index >= 15 is 0 Å². The van der Waals surface area contributed by atoms with Crippen LogP contribution >= 0.6 is 11.3 Å². The van der Waals surface area contributed by atoms with Crippen LogP contribution < -0.4 is 4.74 Å². The van der Waals surface area contributed by atoms with Gasteiger partial charge in [-0.2, -0.15) is 11.3 Å². The molecule has 0 fully saturated rings. The third kappa shape index (κ3) is 4.18. The summed E-state index contributed by atoms with van der Waals surface area (Å²) in [6.45, 7) is 0.174. The van der Waals surface area contributed by atoms with E-state index in [1.807, 2.05) is 47.2 Å². The van der Waals surface area contributed by atoms with E-state index in [1.54, 1.807) is 0 Å². The van der Waals surface area contributed by atoms with E-state index in [2.05, 4.69) is 0 Å². The molecule has 0 saturated carbocycles. The fourth-order valence-corrected chi connectivity index (χ4v) is 3.60. The molecule has 1 aliphatic heterocycles. The lowest BCUT2D eigenvalue weighted by molar-refractivity contribution is -0.144. The molecule has 0 saturated heterocycles. The fraction of sp³-hybridized carbons (Fsp3) is 0.190. The molecule has 4 nitrogen and oxygen atoms in total. The second-order valence-corrected chi connectivity index (χ2v) is 6.97. The number of carbonyl (C=O) groups is 1. The van der Waals surface area contributed by atoms with Crippen molar-refractivity contribution in [1.29, 1.82) is 0 Å². The number of hydrogen-bond donors (Lipinski definition) is 0. The fourth-order valence-electron chi connectivity index (χ4n) is 2.93. The summed E-state index contributed by atoms with van der Waals surface area (Å²) in [6, 6.07) is 14.1. The molecule has 0 aliphatic carbocycles. The smallest absolute Gasteiger partial charge is 0.310 e. The number of hydrogen-bond acceptors (Lipinski definition) is 5. The molecule has 138 valence electrons. The second kappa shape index (κ2) is 7.90. The number of halogens is 1. The van der Waals surface area contributed by atoms with Gasteiger partial charge in [-0.25, -0.2) is 4.39 Å². The highest BCUT2D eigenvalue weighted by molar-refractivity contribution is 7.07. The first-order valence-corrected chi connectivity index (χ1v) is 9.44. The van der Waals surface area contributed by atoms with Crippen LogP contribution in [0.2, 0.25) is 0 Å². The molecule has 1 aliphatic rings. The highest BCUT2D eigenvalue weighted by Crippen LogP contribution is 2.36. The third-order valence-corrected chi connectivity index (χ3v) is 4.94. The van der Waals surface area contributed by atoms with Gasteiger partial charge in [-0.05, 0) is 34.5 Å². The van der Waals surface area contributed by atoms with Crippen LogP contribution in [0.4, 0.5) is 4.39 Å². The van der Waals surface area contributed by atoms with Gasteiger partial charge in [-0.15, -0.1) is 0 Å². The van der Waals surface area contributed by atoms with Gasteiger partial charge in [0.1, 0.15) is 18.2 Å². The molecule has 1 aromatic heterocycles. The van der Waals surface area contributed by atoms with E-state index in [9.17, 15) is 9.18 Å². The lowest BCUT2D eigenvalue weighted by Crippen LogP contribution is -2.20. The Morgan fingerprint density at radius 3 is 2.85 bits per heavy atom. The number of rotatable bonds is 5. The minimum absolute atomic E-state index is 0.0510. The highest BCUT2D eigenvalue weighted by Gasteiger charge is 2.25. The molecule has 0 spiro atoms. The summed E-state index contributed by atoms with van der Waals surface area (Å²) in [5, 5.41) is 3.80. The predicted octanol–water partition coefficient (Wildman–Crippen LogP) is 4.78. The summed E-state index contributed by atoms with van der Waals surface area (Å²) in [5.74, 6) is -0.263. The Hall–Kier alpha value is -2.70. The van der Waals surface area contributed by atoms with Crippen molar-refractivity contribution in [3.63, 3.8) is 0 Å². The van der Waals surface area contributed by atoms with Crippen LogP contribution in [-0.2, 0) is 33.9 Å². The minimum atomic E-state index is -0.579. The van der Waals surface area contributed by atoms with Crippen molar-refractivity contribution < 1.29 is 23.4 Å². The molecule has 0 bridgehead atoms. The van der Waals surface area contributed by atoms with Crippen molar-refractivity contribution >= 4 is 17.3 Å². The van der Waals surface area contributed by atoms with E-state index < -0.39 is 12.1 Å². The Morgan fingerprint density at radius 1 is 1.22 bits per heavy atom. The lowest BCUT2D eigenvalue weighted by atomic mass is 10.1. The molecule has 0 radical (unpaired) electrons. The molecule has 0 amide bonds. The molecule has 4 rings (SSSR count). The van der Waals surface area contributed by atoms with Crippen LogP contribution in [0.1, 0.15) is 28.5 Å². The van der Waals surface area contributed by atoms with Gasteiger partial charge >= 0.3 is 5.97 Å². The number of benzene rings is 2. The molecule has 27 heavy (non-hydrogen) atoms. The van der Waals surface area contributed by atoms with E-state index in [0.717, 1.165) is 11.1 Å². The standard InChI is InChI=1S/C21H17FO4S/c22-18-9-16(11-24-19(23)8-14-6-7-27-13-14)20-17(10-18)12-25-21(26-20)15-4-2-1-3-5-15/h1-7,9-10,13,21H,8,11-12H2/t21-/m1/s1. The number of carbonyl (C=O) groups excluding carboxylic acids is 1. The number of fused-ring (bicyclic) bond motifs is 1. The second-order valence-electron chi connectivity index (χ2n) is 6.19. The Morgan fingerprint density at radius 2 is 2.07 bits per heavy atom. The summed E-state index contributed by atoms with van der Waals surface area (Å²) in [7, 11) is 0. The van der Waals surface area contributed by atoms with Crippen molar-refractivity contribution in [1.82, 2.24) is 0 Å². The largest absolute Gasteiger partial charge is 0.460 e. The van der Waals surface area contributed by atoms with Crippen molar-refractivity contribution in [3.05, 3.63) is 87.4 Å². The molecular weight excluding hydrogens is 367 g/mol. The molecule has 0 N–H and O–H groups in total. The van der Waals surface area contributed by atoms with Gasteiger partial charge in [-0.1, -0.05) is 30.3 Å². The van der Waals surface area contributed by atoms with Crippen molar-refractivity contribution in [2.45, 2.75) is 25.9 Å². The molecule has 6 heteroatoms. The molecule has 3 aromatic rings. The zero-order valence-electron chi connectivity index (χ0n) is 14.4. The Labute approximate surface area is 160 Å². The average molecular weight is 384 g/mol. The molecule has 2 aromatic carbocycles. The van der Waals surface area contributed by atoms with Crippen molar-refractivity contribution in [2.24, 2.45) is 0 Å². The van der Waals surface area contributed by atoms with Gasteiger partial charge < -0.3 is 14.2 Å². The topological polar surface area (TPSA) is 44.8 Å². The predicted molar refractivity (Wildman–Crippen MR) is 98.8 cm³/mol. The third-order valence-electron chi connectivity index (χ3n) is 4.21. The lowest BCUT2D eigenvalue weighted by Gasteiger charge is -2.28. The molecule has 0 unspecified atom stereocenters. The van der Waals surface area contributed by atoms with Gasteiger partial charge in [0.05, 0.1) is 13.0 Å². The van der Waals surface area contributed by atoms with Crippen LogP contribution in [-0.4, -0.2) is 5.97 Å². The first-order chi connectivity index (χ1) is 13.2. The highest BCUT2D eigenvalue weighted by atomic mass is 32.1. The Bertz CT molecular complexity index is 925. The molecule has 2 heterocycles. The number of esters is 1. The van der Waals surface area contributed by atoms with E-state index in [0.29, 0.717) is 16.9 Å². The maximum atomic E-state index is 14.0. The maximum Gasteiger partial charge on any atom is 0.310 e. The summed E-state index contributed by atoms with van der Waals surface area (Å²) in [6.07, 6.45) is -0.387. The summed E-state index contributed by atoms with van der Waals surface area (Å²) in [5.41, 5.74) is 2.87. The van der Waals surface area contributed by atoms with Crippen molar-refractivity contribution in [2.75, 3.05) is 0 Å². The van der Waals surface area contributed by atoms with Crippen LogP contribution in [0, 0.1) is 5.82 Å². The molecular formula is C21H17FO4S. The van der Waals surface area contributed by atoms with Gasteiger partial charge in [0.25, 0.3) is 0 Å². The minimum Gasteiger partial charge on any atom is -0.460 e. The van der Waals surface area contributed by atoms with E-state index in [-0.39, 0.29) is 25.6 Å². The Kier molecular flexibility index (Phi) is 5.18. The zero-order chi connectivity index (χ0) is 18.6. The quantitative estimate of drug-likeness (QED) is 0.594. The van der Waals surface area contributed by atoms with Gasteiger partial charge in [-0.3, -0.25) is 4.79 Å². The monoisotopic (exact) mass is 384 g/mol. The van der Waals surface area contributed by atoms with E-state index in [4.69, 9.17) is 14.2 Å². The van der Waals surface area contributed by atoms with Crippen molar-refractivity contribution in [3.8, 4) is 5.75 Å². The van der Waals surface area contributed by atoms with Gasteiger partial charge in [0.2, 0.25) is 6.29 Å². The van der Waals surface area contributed by atoms with Gasteiger partial charge in [0, 0.05) is 16.7 Å². The van der Waals surface area contributed by atoms with Crippen LogP contribution in [0.3, 0.4) is 0 Å². The Balaban J connectivity index is 1.50. The average Bonchev–Trinajstić information content (AvgIpc) is 3.19.